The van der Waals surface area contributed by atoms with E-state index < -0.39 is 5.60 Å². The Hall–Kier alpha value is -2.83. The number of carbonyl (C=O) groups is 1. The summed E-state index contributed by atoms with van der Waals surface area (Å²) in [7, 11) is 0. The largest absolute Gasteiger partial charge is 0.484 e. The van der Waals surface area contributed by atoms with Crippen molar-refractivity contribution in [1.29, 1.82) is 0 Å². The van der Waals surface area contributed by atoms with Gasteiger partial charge in [-0.05, 0) is 68.5 Å². The van der Waals surface area contributed by atoms with E-state index in [4.69, 9.17) is 20.8 Å². The number of amides is 1. The molecule has 2 fully saturated rings. The minimum absolute atomic E-state index is 0.0312. The number of rotatable bonds is 4. The molecule has 184 valence electrons. The minimum atomic E-state index is -0.758. The second-order valence-electron chi connectivity index (χ2n) is 9.88. The van der Waals surface area contributed by atoms with Crippen molar-refractivity contribution in [3.63, 3.8) is 0 Å². The first-order chi connectivity index (χ1) is 16.8. The third-order valence-electron chi connectivity index (χ3n) is 7.89. The zero-order valence-electron chi connectivity index (χ0n) is 20.1. The Bertz CT molecular complexity index is 1320. The van der Waals surface area contributed by atoms with E-state index in [9.17, 15) is 14.7 Å². The maximum atomic E-state index is 13.4. The topological polar surface area (TPSA) is 80.0 Å². The van der Waals surface area contributed by atoms with Crippen LogP contribution in [0.1, 0.15) is 54.8 Å². The number of fused-ring (bicyclic) bond motifs is 2. The molecule has 2 heterocycles. The lowest BCUT2D eigenvalue weighted by Crippen LogP contribution is -2.56. The van der Waals surface area contributed by atoms with Crippen LogP contribution in [0.5, 0.6) is 5.75 Å². The molecule has 1 N–H and O–H groups in total. The summed E-state index contributed by atoms with van der Waals surface area (Å²) in [6.45, 7) is 3.95. The number of piperidine rings is 1. The van der Waals surface area contributed by atoms with Crippen LogP contribution in [-0.2, 0) is 4.79 Å². The predicted molar refractivity (Wildman–Crippen MR) is 135 cm³/mol. The number of ether oxygens (including phenoxy) is 1. The molecule has 1 aliphatic heterocycles. The van der Waals surface area contributed by atoms with E-state index in [0.717, 1.165) is 42.2 Å². The van der Waals surface area contributed by atoms with Gasteiger partial charge in [-0.25, -0.2) is 4.79 Å². The summed E-state index contributed by atoms with van der Waals surface area (Å²) in [5.74, 6) is 0.293. The fraction of sp³-hybridized carbons (Fsp3) is 0.429. The maximum Gasteiger partial charge on any atom is 0.339 e. The van der Waals surface area contributed by atoms with Crippen molar-refractivity contribution >= 4 is 28.5 Å². The van der Waals surface area contributed by atoms with Gasteiger partial charge < -0.3 is 19.2 Å². The Labute approximate surface area is 209 Å². The normalized spacial score (nSPS) is 24.3. The van der Waals surface area contributed by atoms with Gasteiger partial charge in [-0.3, -0.25) is 4.79 Å². The monoisotopic (exact) mass is 495 g/mol. The van der Waals surface area contributed by atoms with Crippen LogP contribution in [0.2, 0.25) is 5.02 Å². The second kappa shape index (κ2) is 9.32. The van der Waals surface area contributed by atoms with Gasteiger partial charge in [0.25, 0.3) is 5.91 Å². The minimum Gasteiger partial charge on any atom is -0.484 e. The van der Waals surface area contributed by atoms with E-state index in [1.54, 1.807) is 19.1 Å². The average Bonchev–Trinajstić information content (AvgIpc) is 2.85. The van der Waals surface area contributed by atoms with Gasteiger partial charge in [-0.2, -0.15) is 0 Å². The fourth-order valence-electron chi connectivity index (χ4n) is 5.78. The number of carbonyl (C=O) groups excluding carboxylic acids is 1. The third-order valence-corrected chi connectivity index (χ3v) is 8.14. The van der Waals surface area contributed by atoms with Crippen LogP contribution in [0, 0.1) is 19.8 Å². The molecule has 1 saturated carbocycles. The molecule has 6 nitrogen and oxygen atoms in total. The summed E-state index contributed by atoms with van der Waals surface area (Å²) in [6.07, 6.45) is 4.25. The van der Waals surface area contributed by atoms with Crippen molar-refractivity contribution in [2.75, 3.05) is 13.2 Å². The Morgan fingerprint density at radius 2 is 1.91 bits per heavy atom. The summed E-state index contributed by atoms with van der Waals surface area (Å²) < 4.78 is 11.3. The summed E-state index contributed by atoms with van der Waals surface area (Å²) in [6, 6.07) is 12.6. The fourth-order valence-corrected chi connectivity index (χ4v) is 5.91. The zero-order chi connectivity index (χ0) is 24.7. The highest BCUT2D eigenvalue weighted by Crippen LogP contribution is 2.49. The summed E-state index contributed by atoms with van der Waals surface area (Å²) in [5, 5.41) is 12.9. The van der Waals surface area contributed by atoms with Crippen molar-refractivity contribution < 1.29 is 19.1 Å². The average molecular weight is 496 g/mol. The number of halogens is 1. The van der Waals surface area contributed by atoms with Gasteiger partial charge in [-0.1, -0.05) is 36.6 Å². The quantitative estimate of drug-likeness (QED) is 0.494. The molecule has 1 amide bonds. The first kappa shape index (κ1) is 23.9. The van der Waals surface area contributed by atoms with E-state index in [0.29, 0.717) is 34.9 Å². The molecule has 35 heavy (non-hydrogen) atoms. The van der Waals surface area contributed by atoms with Gasteiger partial charge in [0.15, 0.2) is 6.61 Å². The SMILES string of the molecule is Cc1c(C)c2ccc(OCC(=O)N3CCC4(O)CCCCC4[C@@H]3c3ccc(Cl)cc3)cc2oc1=O. The summed E-state index contributed by atoms with van der Waals surface area (Å²) in [5.41, 5.74) is 1.74. The molecule has 2 unspecified atom stereocenters. The van der Waals surface area contributed by atoms with E-state index in [-0.39, 0.29) is 30.1 Å². The molecule has 2 aliphatic rings. The van der Waals surface area contributed by atoms with Crippen LogP contribution in [0.15, 0.2) is 51.7 Å². The van der Waals surface area contributed by atoms with Gasteiger partial charge in [0.2, 0.25) is 0 Å². The van der Waals surface area contributed by atoms with E-state index in [1.807, 2.05) is 42.2 Å². The first-order valence-electron chi connectivity index (χ1n) is 12.2. The van der Waals surface area contributed by atoms with Crippen LogP contribution < -0.4 is 10.4 Å². The van der Waals surface area contributed by atoms with Crippen molar-refractivity contribution in [2.24, 2.45) is 5.92 Å². The van der Waals surface area contributed by atoms with Crippen LogP contribution in [0.4, 0.5) is 0 Å². The predicted octanol–water partition coefficient (Wildman–Crippen LogP) is 5.34. The summed E-state index contributed by atoms with van der Waals surface area (Å²) in [4.78, 5) is 27.4. The lowest BCUT2D eigenvalue weighted by Gasteiger charge is -2.52. The molecule has 3 aromatic rings. The van der Waals surface area contributed by atoms with Crippen molar-refractivity contribution in [3.8, 4) is 5.75 Å². The molecular weight excluding hydrogens is 466 g/mol. The van der Waals surface area contributed by atoms with Gasteiger partial charge in [0.05, 0.1) is 11.6 Å². The van der Waals surface area contributed by atoms with E-state index in [2.05, 4.69) is 0 Å². The smallest absolute Gasteiger partial charge is 0.339 e. The zero-order valence-corrected chi connectivity index (χ0v) is 20.8. The number of hydrogen-bond donors (Lipinski definition) is 1. The highest BCUT2D eigenvalue weighted by atomic mass is 35.5. The molecule has 0 bridgehead atoms. The van der Waals surface area contributed by atoms with Crippen molar-refractivity contribution in [2.45, 2.75) is 57.6 Å². The molecule has 0 radical (unpaired) electrons. The van der Waals surface area contributed by atoms with Gasteiger partial charge in [0.1, 0.15) is 11.3 Å². The van der Waals surface area contributed by atoms with Crippen LogP contribution >= 0.6 is 11.6 Å². The third kappa shape index (κ3) is 4.45. The lowest BCUT2D eigenvalue weighted by molar-refractivity contribution is -0.157. The molecule has 0 spiro atoms. The second-order valence-corrected chi connectivity index (χ2v) is 10.3. The molecular formula is C28H30ClNO5. The number of likely N-dealkylation sites (tertiary alicyclic amines) is 1. The highest BCUT2D eigenvalue weighted by molar-refractivity contribution is 6.30. The highest BCUT2D eigenvalue weighted by Gasteiger charge is 2.50. The maximum absolute atomic E-state index is 13.4. The molecule has 1 aliphatic carbocycles. The van der Waals surface area contributed by atoms with Crippen LogP contribution in [0.3, 0.4) is 0 Å². The van der Waals surface area contributed by atoms with E-state index in [1.165, 1.54) is 0 Å². The molecule has 1 saturated heterocycles. The Balaban J connectivity index is 1.39. The van der Waals surface area contributed by atoms with E-state index >= 15 is 0 Å². The number of aryl methyl sites for hydroxylation is 1. The molecule has 1 aromatic heterocycles. The van der Waals surface area contributed by atoms with Gasteiger partial charge in [0, 0.05) is 34.5 Å². The standard InChI is InChI=1S/C28H30ClNO5/c1-17-18(2)27(32)35-24-15-21(10-11-22(17)24)34-16-25(31)30-14-13-28(33)12-4-3-5-23(28)26(30)19-6-8-20(29)9-7-19/h6-11,15,23,26,33H,3-5,12-14,16H2,1-2H3/t23?,26-,28?/m0/s1. The number of nitrogens with zero attached hydrogens (tertiary/aromatic N) is 1. The Kier molecular flexibility index (Phi) is 6.36. The van der Waals surface area contributed by atoms with Gasteiger partial charge >= 0.3 is 5.63 Å². The Morgan fingerprint density at radius 1 is 1.14 bits per heavy atom. The molecule has 7 heteroatoms. The molecule has 3 atom stereocenters. The number of hydrogen-bond acceptors (Lipinski definition) is 5. The number of benzene rings is 2. The van der Waals surface area contributed by atoms with Crippen molar-refractivity contribution in [1.82, 2.24) is 4.90 Å². The van der Waals surface area contributed by atoms with Crippen LogP contribution in [0.25, 0.3) is 11.0 Å². The van der Waals surface area contributed by atoms with Crippen LogP contribution in [-0.4, -0.2) is 34.7 Å². The number of aliphatic hydroxyl groups is 1. The first-order valence-corrected chi connectivity index (χ1v) is 12.6. The van der Waals surface area contributed by atoms with Crippen molar-refractivity contribution in [3.05, 3.63) is 74.6 Å². The molecule has 2 aromatic carbocycles. The summed E-state index contributed by atoms with van der Waals surface area (Å²) >= 11 is 6.12. The lowest BCUT2D eigenvalue weighted by atomic mass is 9.66. The Morgan fingerprint density at radius 3 is 2.69 bits per heavy atom. The molecule has 5 rings (SSSR count). The van der Waals surface area contributed by atoms with Gasteiger partial charge in [-0.15, -0.1) is 0 Å².